The summed E-state index contributed by atoms with van der Waals surface area (Å²) >= 11 is 5.87. The van der Waals surface area contributed by atoms with E-state index in [0.29, 0.717) is 16.2 Å². The Balaban J connectivity index is 1.93. The van der Waals surface area contributed by atoms with Crippen molar-refractivity contribution in [3.05, 3.63) is 70.5 Å². The number of rotatable bonds is 4. The Bertz CT molecular complexity index is 793. The zero-order valence-electron chi connectivity index (χ0n) is 12.8. The van der Waals surface area contributed by atoms with Gasteiger partial charge in [-0.1, -0.05) is 35.9 Å². The summed E-state index contributed by atoms with van der Waals surface area (Å²) in [7, 11) is 0. The minimum absolute atomic E-state index is 0.0704. The van der Waals surface area contributed by atoms with Crippen molar-refractivity contribution >= 4 is 35.1 Å². The van der Waals surface area contributed by atoms with Crippen molar-refractivity contribution < 1.29 is 14.0 Å². The molecule has 0 aromatic heterocycles. The first-order valence-electron chi connectivity index (χ1n) is 7.61. The quantitative estimate of drug-likeness (QED) is 0.672. The second kappa shape index (κ2) is 6.97. The van der Waals surface area contributed by atoms with Gasteiger partial charge in [-0.05, 0) is 54.3 Å². The number of nitrogens with one attached hydrogen (secondary N) is 1. The van der Waals surface area contributed by atoms with Crippen LogP contribution in [0.2, 0.25) is 5.02 Å². The van der Waals surface area contributed by atoms with Gasteiger partial charge in [-0.15, -0.1) is 0 Å². The topological polar surface area (TPSA) is 46.2 Å². The molecular weight excluding hydrogens is 329 g/mol. The van der Waals surface area contributed by atoms with Gasteiger partial charge in [0.2, 0.25) is 5.91 Å². The molecule has 2 aromatic rings. The molecule has 24 heavy (non-hydrogen) atoms. The van der Waals surface area contributed by atoms with Gasteiger partial charge in [0.1, 0.15) is 5.82 Å². The molecule has 5 heteroatoms. The predicted octanol–water partition coefficient (Wildman–Crippen LogP) is 4.07. The lowest BCUT2D eigenvalue weighted by atomic mass is 10.0. The van der Waals surface area contributed by atoms with Gasteiger partial charge in [0.25, 0.3) is 5.91 Å². The molecule has 0 atom stereocenters. The Labute approximate surface area is 144 Å². The molecule has 122 valence electrons. The molecule has 3 rings (SSSR count). The van der Waals surface area contributed by atoms with Gasteiger partial charge >= 0.3 is 0 Å². The zero-order chi connectivity index (χ0) is 17.1. The van der Waals surface area contributed by atoms with Gasteiger partial charge < -0.3 is 0 Å². The van der Waals surface area contributed by atoms with Crippen LogP contribution in [0.3, 0.4) is 0 Å². The van der Waals surface area contributed by atoms with Gasteiger partial charge in [0.15, 0.2) is 0 Å². The fraction of sp³-hybridized carbons (Fsp3) is 0.158. The van der Waals surface area contributed by atoms with Crippen LogP contribution < -0.4 is 5.32 Å². The summed E-state index contributed by atoms with van der Waals surface area (Å²) in [6, 6.07) is 12.5. The van der Waals surface area contributed by atoms with Gasteiger partial charge in [0, 0.05) is 16.5 Å². The highest BCUT2D eigenvalue weighted by molar-refractivity contribution is 6.30. The fourth-order valence-corrected chi connectivity index (χ4v) is 2.39. The van der Waals surface area contributed by atoms with Gasteiger partial charge in [-0.3, -0.25) is 14.9 Å². The maximum absolute atomic E-state index is 13.2. The lowest BCUT2D eigenvalue weighted by Gasteiger charge is -2.09. The average Bonchev–Trinajstić information content (AvgIpc) is 3.40. The monoisotopic (exact) mass is 343 g/mol. The normalized spacial score (nSPS) is 14.3. The molecule has 1 fully saturated rings. The van der Waals surface area contributed by atoms with Crippen LogP contribution in [0.5, 0.6) is 0 Å². The maximum atomic E-state index is 13.2. The molecule has 1 N–H and O–H groups in total. The Kier molecular flexibility index (Phi) is 4.76. The summed E-state index contributed by atoms with van der Waals surface area (Å²) in [4.78, 5) is 24.4. The van der Waals surface area contributed by atoms with Gasteiger partial charge in [-0.2, -0.15) is 0 Å². The van der Waals surface area contributed by atoms with E-state index in [1.54, 1.807) is 30.3 Å². The average molecular weight is 344 g/mol. The molecule has 1 aliphatic rings. The van der Waals surface area contributed by atoms with Crippen molar-refractivity contribution in [3.63, 3.8) is 0 Å². The van der Waals surface area contributed by atoms with Crippen molar-refractivity contribution in [1.82, 2.24) is 5.32 Å². The van der Waals surface area contributed by atoms with E-state index in [1.807, 2.05) is 0 Å². The fourth-order valence-electron chi connectivity index (χ4n) is 2.26. The molecule has 0 bridgehead atoms. The number of amides is 2. The first kappa shape index (κ1) is 16.4. The summed E-state index contributed by atoms with van der Waals surface area (Å²) in [5.74, 6) is -1.21. The molecule has 0 spiro atoms. The van der Waals surface area contributed by atoms with Gasteiger partial charge in [-0.25, -0.2) is 4.39 Å². The molecule has 0 unspecified atom stereocenters. The van der Waals surface area contributed by atoms with E-state index in [-0.39, 0.29) is 17.6 Å². The maximum Gasteiger partial charge on any atom is 0.258 e. The summed E-state index contributed by atoms with van der Waals surface area (Å²) in [6.07, 6.45) is 3.27. The molecule has 0 heterocycles. The van der Waals surface area contributed by atoms with Gasteiger partial charge in [0.05, 0.1) is 0 Å². The Morgan fingerprint density at radius 3 is 2.25 bits per heavy atom. The Morgan fingerprint density at radius 1 is 1.04 bits per heavy atom. The van der Waals surface area contributed by atoms with E-state index < -0.39 is 5.91 Å². The largest absolute Gasteiger partial charge is 0.292 e. The van der Waals surface area contributed by atoms with E-state index in [2.05, 4.69) is 5.32 Å². The third kappa shape index (κ3) is 4.09. The van der Waals surface area contributed by atoms with E-state index in [4.69, 9.17) is 11.6 Å². The highest BCUT2D eigenvalue weighted by Gasteiger charge is 2.31. The van der Waals surface area contributed by atoms with E-state index in [9.17, 15) is 14.0 Å². The molecule has 3 nitrogen and oxygen atoms in total. The standard InChI is InChI=1S/C19H15ClFNO2/c20-15-7-1-12(2-8-15)11-17(13-5-9-16(21)10-6-13)19(24)22-18(23)14-3-4-14/h1-2,5-11,14H,3-4H2,(H,22,23,24)/b17-11+. The highest BCUT2D eigenvalue weighted by Crippen LogP contribution is 2.29. The lowest BCUT2D eigenvalue weighted by Crippen LogP contribution is -2.32. The van der Waals surface area contributed by atoms with Crippen molar-refractivity contribution in [1.29, 1.82) is 0 Å². The highest BCUT2D eigenvalue weighted by atomic mass is 35.5. The van der Waals surface area contributed by atoms with Crippen LogP contribution in [0.25, 0.3) is 11.6 Å². The predicted molar refractivity (Wildman–Crippen MR) is 91.6 cm³/mol. The number of benzene rings is 2. The van der Waals surface area contributed by atoms with Crippen LogP contribution >= 0.6 is 11.6 Å². The van der Waals surface area contributed by atoms with Crippen molar-refractivity contribution in [3.8, 4) is 0 Å². The lowest BCUT2D eigenvalue weighted by molar-refractivity contribution is -0.128. The number of hydrogen-bond donors (Lipinski definition) is 1. The molecular formula is C19H15ClFNO2. The smallest absolute Gasteiger partial charge is 0.258 e. The number of imide groups is 1. The van der Waals surface area contributed by atoms with Crippen LogP contribution in [-0.4, -0.2) is 11.8 Å². The van der Waals surface area contributed by atoms with Crippen molar-refractivity contribution in [2.75, 3.05) is 0 Å². The minimum atomic E-state index is -0.492. The summed E-state index contributed by atoms with van der Waals surface area (Å²) in [5, 5.41) is 3.01. The first-order chi connectivity index (χ1) is 11.5. The molecule has 1 aliphatic carbocycles. The summed E-state index contributed by atoms with van der Waals surface area (Å²) in [6.45, 7) is 0. The third-order valence-corrected chi connectivity index (χ3v) is 4.02. The Hall–Kier alpha value is -2.46. The second-order valence-electron chi connectivity index (χ2n) is 5.71. The molecule has 0 saturated heterocycles. The second-order valence-corrected chi connectivity index (χ2v) is 6.15. The molecule has 2 amide bonds. The van der Waals surface area contributed by atoms with E-state index in [1.165, 1.54) is 24.3 Å². The summed E-state index contributed by atoms with van der Waals surface area (Å²) < 4.78 is 13.2. The molecule has 0 radical (unpaired) electrons. The number of halogens is 2. The zero-order valence-corrected chi connectivity index (χ0v) is 13.5. The molecule has 0 aliphatic heterocycles. The summed E-state index contributed by atoms with van der Waals surface area (Å²) in [5.41, 5.74) is 1.59. The van der Waals surface area contributed by atoms with Crippen LogP contribution in [0.4, 0.5) is 4.39 Å². The Morgan fingerprint density at radius 2 is 1.67 bits per heavy atom. The number of carbonyl (C=O) groups excluding carboxylic acids is 2. The minimum Gasteiger partial charge on any atom is -0.292 e. The van der Waals surface area contributed by atoms with E-state index >= 15 is 0 Å². The van der Waals surface area contributed by atoms with Crippen molar-refractivity contribution in [2.45, 2.75) is 12.8 Å². The van der Waals surface area contributed by atoms with E-state index in [0.717, 1.165) is 18.4 Å². The van der Waals surface area contributed by atoms with Crippen LogP contribution in [0, 0.1) is 11.7 Å². The number of hydrogen-bond acceptors (Lipinski definition) is 2. The SMILES string of the molecule is O=C(NC(=O)C1CC1)/C(=C/c1ccc(Cl)cc1)c1ccc(F)cc1. The third-order valence-electron chi connectivity index (χ3n) is 3.77. The van der Waals surface area contributed by atoms with Crippen LogP contribution in [-0.2, 0) is 9.59 Å². The van der Waals surface area contributed by atoms with Crippen LogP contribution in [0.15, 0.2) is 48.5 Å². The number of carbonyl (C=O) groups is 2. The molecule has 1 saturated carbocycles. The van der Waals surface area contributed by atoms with Crippen LogP contribution in [0.1, 0.15) is 24.0 Å². The van der Waals surface area contributed by atoms with Crippen molar-refractivity contribution in [2.24, 2.45) is 5.92 Å². The molecule has 2 aromatic carbocycles. The first-order valence-corrected chi connectivity index (χ1v) is 7.99.